The van der Waals surface area contributed by atoms with E-state index < -0.39 is 15.9 Å². The largest absolute Gasteiger partial charge is 0.492 e. The van der Waals surface area contributed by atoms with E-state index in [1.165, 1.54) is 0 Å². The molecule has 0 radical (unpaired) electrons. The van der Waals surface area contributed by atoms with E-state index in [-0.39, 0.29) is 35.2 Å². The maximum absolute atomic E-state index is 13.4. The zero-order valence-electron chi connectivity index (χ0n) is 20.3. The molecule has 4 rings (SSSR count). The van der Waals surface area contributed by atoms with Gasteiger partial charge >= 0.3 is 0 Å². The molecule has 9 heteroatoms. The van der Waals surface area contributed by atoms with E-state index >= 15 is 0 Å². The molecule has 0 atom stereocenters. The van der Waals surface area contributed by atoms with E-state index in [0.717, 1.165) is 6.42 Å². The summed E-state index contributed by atoms with van der Waals surface area (Å²) in [5.74, 6) is 0.323. The Kier molecular flexibility index (Phi) is 7.59. The Hall–Kier alpha value is -3.85. The number of amides is 2. The minimum absolute atomic E-state index is 0.0386. The van der Waals surface area contributed by atoms with Gasteiger partial charge in [-0.25, -0.2) is 8.42 Å². The molecule has 8 nitrogen and oxygen atoms in total. The number of rotatable bonds is 9. The van der Waals surface area contributed by atoms with Crippen LogP contribution in [0.3, 0.4) is 0 Å². The van der Waals surface area contributed by atoms with E-state index in [9.17, 15) is 18.0 Å². The van der Waals surface area contributed by atoms with E-state index in [4.69, 9.17) is 4.74 Å². The molecule has 3 aromatic carbocycles. The van der Waals surface area contributed by atoms with Gasteiger partial charge in [0, 0.05) is 18.7 Å². The van der Waals surface area contributed by atoms with Crippen molar-refractivity contribution >= 4 is 33.2 Å². The van der Waals surface area contributed by atoms with Gasteiger partial charge in [0.15, 0.2) is 0 Å². The third-order valence-corrected chi connectivity index (χ3v) is 7.58. The predicted molar refractivity (Wildman–Crippen MR) is 139 cm³/mol. The van der Waals surface area contributed by atoms with Crippen molar-refractivity contribution in [3.8, 4) is 5.75 Å². The normalized spacial score (nSPS) is 13.5. The van der Waals surface area contributed by atoms with E-state index in [1.54, 1.807) is 55.1 Å². The van der Waals surface area contributed by atoms with Crippen molar-refractivity contribution in [2.24, 2.45) is 0 Å². The molecular formula is C27H29N3O5S. The molecule has 1 heterocycles. The van der Waals surface area contributed by atoms with Crippen molar-refractivity contribution in [1.82, 2.24) is 5.32 Å². The van der Waals surface area contributed by atoms with Crippen LogP contribution in [0.4, 0.5) is 11.4 Å². The smallest absolute Gasteiger partial charge is 0.262 e. The zero-order valence-corrected chi connectivity index (χ0v) is 21.1. The topological polar surface area (TPSA) is 105 Å². The highest BCUT2D eigenvalue weighted by Crippen LogP contribution is 2.31. The lowest BCUT2D eigenvalue weighted by Gasteiger charge is -2.20. The van der Waals surface area contributed by atoms with Crippen LogP contribution in [0.15, 0.2) is 71.6 Å². The number of carbonyl (C=O) groups is 2. The number of benzene rings is 3. The van der Waals surface area contributed by atoms with Crippen LogP contribution in [0.2, 0.25) is 0 Å². The molecule has 0 aromatic heterocycles. The molecular weight excluding hydrogens is 478 g/mol. The summed E-state index contributed by atoms with van der Waals surface area (Å²) in [6.45, 7) is 4.56. The van der Waals surface area contributed by atoms with Gasteiger partial charge in [-0.3, -0.25) is 14.3 Å². The summed E-state index contributed by atoms with van der Waals surface area (Å²) >= 11 is 0. The Balaban J connectivity index is 1.48. The highest BCUT2D eigenvalue weighted by molar-refractivity contribution is 7.92. The molecule has 2 amide bonds. The Morgan fingerprint density at radius 1 is 1.00 bits per heavy atom. The van der Waals surface area contributed by atoms with E-state index in [2.05, 4.69) is 10.0 Å². The second kappa shape index (κ2) is 10.8. The molecule has 2 N–H and O–H groups in total. The Morgan fingerprint density at radius 3 is 2.33 bits per heavy atom. The molecule has 0 aliphatic carbocycles. The summed E-state index contributed by atoms with van der Waals surface area (Å²) in [7, 11) is -4.00. The molecule has 0 spiro atoms. The highest BCUT2D eigenvalue weighted by atomic mass is 32.2. The molecule has 0 unspecified atom stereocenters. The Morgan fingerprint density at radius 2 is 1.67 bits per heavy atom. The zero-order chi connectivity index (χ0) is 25.7. The van der Waals surface area contributed by atoms with Crippen LogP contribution < -0.4 is 19.7 Å². The lowest BCUT2D eigenvalue weighted by atomic mass is 10.1. The maximum atomic E-state index is 13.4. The molecule has 36 heavy (non-hydrogen) atoms. The number of hydrogen-bond acceptors (Lipinski definition) is 5. The quantitative estimate of drug-likeness (QED) is 0.426. The average Bonchev–Trinajstić information content (AvgIpc) is 3.27. The number of sulfonamides is 1. The number of anilines is 2. The first-order chi connectivity index (χ1) is 17.3. The van der Waals surface area contributed by atoms with Gasteiger partial charge in [0.2, 0.25) is 5.91 Å². The summed E-state index contributed by atoms with van der Waals surface area (Å²) in [6.07, 6.45) is 1.28. The fourth-order valence-corrected chi connectivity index (χ4v) is 5.87. The van der Waals surface area contributed by atoms with Gasteiger partial charge in [0.1, 0.15) is 12.4 Å². The first kappa shape index (κ1) is 25.2. The Labute approximate surface area is 211 Å². The first-order valence-corrected chi connectivity index (χ1v) is 13.2. The molecule has 1 aliphatic rings. The summed E-state index contributed by atoms with van der Waals surface area (Å²) in [5.41, 5.74) is 2.13. The van der Waals surface area contributed by atoms with E-state index in [1.807, 2.05) is 30.3 Å². The van der Waals surface area contributed by atoms with Gasteiger partial charge < -0.3 is 15.0 Å². The fraction of sp³-hybridized carbons (Fsp3) is 0.259. The average molecular weight is 508 g/mol. The van der Waals surface area contributed by atoms with Crippen LogP contribution in [0.1, 0.15) is 34.3 Å². The number of aryl methyl sites for hydroxylation is 2. The molecule has 0 bridgehead atoms. The van der Waals surface area contributed by atoms with Gasteiger partial charge in [-0.05, 0) is 67.8 Å². The lowest BCUT2D eigenvalue weighted by molar-refractivity contribution is -0.117. The predicted octanol–water partition coefficient (Wildman–Crippen LogP) is 4.04. The minimum Gasteiger partial charge on any atom is -0.492 e. The maximum Gasteiger partial charge on any atom is 0.262 e. The molecule has 1 saturated heterocycles. The Bertz CT molecular complexity index is 1350. The van der Waals surface area contributed by atoms with Gasteiger partial charge in [-0.15, -0.1) is 0 Å². The van der Waals surface area contributed by atoms with Crippen LogP contribution in [-0.4, -0.2) is 39.9 Å². The van der Waals surface area contributed by atoms with Crippen molar-refractivity contribution in [2.45, 2.75) is 31.6 Å². The summed E-state index contributed by atoms with van der Waals surface area (Å²) in [6, 6.07) is 19.1. The van der Waals surface area contributed by atoms with Crippen molar-refractivity contribution in [3.63, 3.8) is 0 Å². The van der Waals surface area contributed by atoms with Gasteiger partial charge in [0.05, 0.1) is 22.7 Å². The number of nitrogens with one attached hydrogen (secondary N) is 2. The number of nitrogens with zero attached hydrogens (tertiary/aromatic N) is 1. The number of hydrogen-bond donors (Lipinski definition) is 2. The van der Waals surface area contributed by atoms with Crippen LogP contribution in [0.5, 0.6) is 5.75 Å². The minimum atomic E-state index is -4.00. The summed E-state index contributed by atoms with van der Waals surface area (Å²) in [5, 5.41) is 2.76. The fourth-order valence-electron chi connectivity index (χ4n) is 4.34. The number of para-hydroxylation sites is 2. The van der Waals surface area contributed by atoms with Crippen LogP contribution in [0, 0.1) is 13.8 Å². The van der Waals surface area contributed by atoms with Gasteiger partial charge in [-0.1, -0.05) is 30.3 Å². The first-order valence-electron chi connectivity index (χ1n) is 11.8. The SMILES string of the molecule is Cc1cc(N2CCCC2=O)cc(C)c1S(=O)(=O)Nc1ccccc1C(=O)NCCOc1ccccc1. The van der Waals surface area contributed by atoms with Crippen LogP contribution in [0.25, 0.3) is 0 Å². The van der Waals surface area contributed by atoms with Crippen LogP contribution >= 0.6 is 0 Å². The second-order valence-electron chi connectivity index (χ2n) is 8.63. The highest BCUT2D eigenvalue weighted by Gasteiger charge is 2.26. The molecule has 3 aromatic rings. The standard InChI is InChI=1S/C27H29N3O5S/c1-19-17-21(30-15-8-13-25(30)31)18-20(2)26(19)36(33,34)29-24-12-7-6-11-23(24)27(32)28-14-16-35-22-9-4-3-5-10-22/h3-7,9-12,17-18,29H,8,13-16H2,1-2H3,(H,28,32). The van der Waals surface area contributed by atoms with Crippen molar-refractivity contribution in [2.75, 3.05) is 29.3 Å². The monoisotopic (exact) mass is 507 g/mol. The number of ether oxygens (including phenoxy) is 1. The molecule has 0 saturated carbocycles. The van der Waals surface area contributed by atoms with Crippen molar-refractivity contribution in [3.05, 3.63) is 83.4 Å². The van der Waals surface area contributed by atoms with E-state index in [0.29, 0.717) is 35.5 Å². The van der Waals surface area contributed by atoms with Gasteiger partial charge in [0.25, 0.3) is 15.9 Å². The van der Waals surface area contributed by atoms with Crippen molar-refractivity contribution < 1.29 is 22.7 Å². The lowest BCUT2D eigenvalue weighted by Crippen LogP contribution is -2.29. The van der Waals surface area contributed by atoms with Crippen LogP contribution in [-0.2, 0) is 14.8 Å². The van der Waals surface area contributed by atoms with Crippen molar-refractivity contribution in [1.29, 1.82) is 0 Å². The second-order valence-corrected chi connectivity index (χ2v) is 10.2. The molecule has 1 fully saturated rings. The summed E-state index contributed by atoms with van der Waals surface area (Å²) < 4.78 is 34.9. The van der Waals surface area contributed by atoms with Gasteiger partial charge in [-0.2, -0.15) is 0 Å². The third-order valence-electron chi connectivity index (χ3n) is 5.91. The molecule has 188 valence electrons. The molecule has 1 aliphatic heterocycles. The summed E-state index contributed by atoms with van der Waals surface area (Å²) in [4.78, 5) is 26.8. The third kappa shape index (κ3) is 5.68. The number of carbonyl (C=O) groups excluding carboxylic acids is 2.